The zero-order valence-electron chi connectivity index (χ0n) is 11.9. The van der Waals surface area contributed by atoms with Crippen LogP contribution < -0.4 is 5.73 Å². The molecule has 0 aromatic rings. The maximum atomic E-state index is 6.13. The maximum absolute atomic E-state index is 6.13. The van der Waals surface area contributed by atoms with Crippen molar-refractivity contribution in [1.29, 1.82) is 0 Å². The highest BCUT2D eigenvalue weighted by Crippen LogP contribution is 2.41. The number of likely N-dealkylation sites (tertiary alicyclic amines) is 1. The Balaban J connectivity index is 1.66. The van der Waals surface area contributed by atoms with Crippen molar-refractivity contribution in [3.63, 3.8) is 0 Å². The first-order valence-electron chi connectivity index (χ1n) is 8.27. The summed E-state index contributed by atoms with van der Waals surface area (Å²) in [7, 11) is 0. The molecule has 0 radical (unpaired) electrons. The Morgan fingerprint density at radius 1 is 0.944 bits per heavy atom. The Morgan fingerprint density at radius 3 is 2.44 bits per heavy atom. The lowest BCUT2D eigenvalue weighted by atomic mass is 9.76. The number of piperidine rings is 1. The minimum Gasteiger partial charge on any atom is -0.330 e. The molecule has 1 aliphatic heterocycles. The van der Waals surface area contributed by atoms with Crippen LogP contribution in [0.25, 0.3) is 0 Å². The SMILES string of the molecule is NCC1(CN2CCCC3CCCCC32)CCCC1. The van der Waals surface area contributed by atoms with Crippen molar-refractivity contribution in [3.05, 3.63) is 0 Å². The molecule has 3 aliphatic rings. The minimum atomic E-state index is 0.485. The van der Waals surface area contributed by atoms with Crippen molar-refractivity contribution in [2.75, 3.05) is 19.6 Å². The lowest BCUT2D eigenvalue weighted by Gasteiger charge is -2.47. The van der Waals surface area contributed by atoms with Gasteiger partial charge in [-0.1, -0.05) is 25.7 Å². The summed E-state index contributed by atoms with van der Waals surface area (Å²) in [6.45, 7) is 3.58. The van der Waals surface area contributed by atoms with Crippen molar-refractivity contribution in [2.45, 2.75) is 70.3 Å². The Kier molecular flexibility index (Phi) is 3.95. The molecular weight excluding hydrogens is 220 g/mol. The molecule has 0 amide bonds. The zero-order chi connectivity index (χ0) is 12.4. The Bertz CT molecular complexity index is 268. The highest BCUT2D eigenvalue weighted by molar-refractivity contribution is 4.94. The second-order valence-electron chi connectivity index (χ2n) is 7.14. The normalized spacial score (nSPS) is 36.5. The molecule has 2 atom stereocenters. The molecule has 2 N–H and O–H groups in total. The molecule has 2 saturated carbocycles. The van der Waals surface area contributed by atoms with Gasteiger partial charge < -0.3 is 5.73 Å². The van der Waals surface area contributed by atoms with Crippen LogP contribution in [0.15, 0.2) is 0 Å². The summed E-state index contributed by atoms with van der Waals surface area (Å²) in [6, 6.07) is 0.913. The van der Waals surface area contributed by atoms with Crippen LogP contribution in [0.1, 0.15) is 64.2 Å². The second kappa shape index (κ2) is 5.50. The van der Waals surface area contributed by atoms with Crippen LogP contribution in [0, 0.1) is 11.3 Å². The number of nitrogens with zero attached hydrogens (tertiary/aromatic N) is 1. The van der Waals surface area contributed by atoms with Gasteiger partial charge in [0.25, 0.3) is 0 Å². The predicted octanol–water partition coefficient (Wildman–Crippen LogP) is 3.16. The zero-order valence-corrected chi connectivity index (χ0v) is 11.9. The number of fused-ring (bicyclic) bond motifs is 1. The predicted molar refractivity (Wildman–Crippen MR) is 76.5 cm³/mol. The van der Waals surface area contributed by atoms with Crippen molar-refractivity contribution < 1.29 is 0 Å². The lowest BCUT2D eigenvalue weighted by Crippen LogP contribution is -2.51. The van der Waals surface area contributed by atoms with Gasteiger partial charge in [0.1, 0.15) is 0 Å². The van der Waals surface area contributed by atoms with Crippen LogP contribution in [-0.2, 0) is 0 Å². The van der Waals surface area contributed by atoms with Crippen LogP contribution in [0.4, 0.5) is 0 Å². The van der Waals surface area contributed by atoms with Gasteiger partial charge in [-0.2, -0.15) is 0 Å². The molecule has 2 heteroatoms. The Morgan fingerprint density at radius 2 is 1.67 bits per heavy atom. The van der Waals surface area contributed by atoms with Gasteiger partial charge in [0, 0.05) is 12.6 Å². The third-order valence-corrected chi connectivity index (χ3v) is 5.99. The Hall–Kier alpha value is -0.0800. The average Bonchev–Trinajstić information content (AvgIpc) is 2.88. The third-order valence-electron chi connectivity index (χ3n) is 5.99. The van der Waals surface area contributed by atoms with Crippen LogP contribution >= 0.6 is 0 Å². The van der Waals surface area contributed by atoms with Crippen LogP contribution in [0.3, 0.4) is 0 Å². The van der Waals surface area contributed by atoms with E-state index < -0.39 is 0 Å². The van der Waals surface area contributed by atoms with E-state index in [9.17, 15) is 0 Å². The fourth-order valence-corrected chi connectivity index (χ4v) is 4.91. The molecule has 3 fully saturated rings. The molecular formula is C16H30N2. The first-order valence-corrected chi connectivity index (χ1v) is 8.27. The average molecular weight is 250 g/mol. The van der Waals surface area contributed by atoms with E-state index in [1.807, 2.05) is 0 Å². The number of nitrogens with two attached hydrogens (primary N) is 1. The summed E-state index contributed by atoms with van der Waals surface area (Å²) >= 11 is 0. The quantitative estimate of drug-likeness (QED) is 0.833. The van der Waals surface area contributed by atoms with Gasteiger partial charge >= 0.3 is 0 Å². The molecule has 2 aliphatic carbocycles. The molecule has 0 aromatic carbocycles. The van der Waals surface area contributed by atoms with Gasteiger partial charge in [0.05, 0.1) is 0 Å². The van der Waals surface area contributed by atoms with E-state index in [1.54, 1.807) is 0 Å². The number of hydrogen-bond acceptors (Lipinski definition) is 2. The van der Waals surface area contributed by atoms with Crippen LogP contribution in [0.2, 0.25) is 0 Å². The molecule has 3 rings (SSSR count). The lowest BCUT2D eigenvalue weighted by molar-refractivity contribution is 0.0267. The third kappa shape index (κ3) is 2.46. The van der Waals surface area contributed by atoms with E-state index in [0.29, 0.717) is 5.41 Å². The van der Waals surface area contributed by atoms with Crippen molar-refractivity contribution in [3.8, 4) is 0 Å². The summed E-state index contributed by atoms with van der Waals surface area (Å²) in [5.74, 6) is 1.02. The topological polar surface area (TPSA) is 29.3 Å². The monoisotopic (exact) mass is 250 g/mol. The minimum absolute atomic E-state index is 0.485. The molecule has 1 saturated heterocycles. The van der Waals surface area contributed by atoms with Gasteiger partial charge in [-0.3, -0.25) is 4.90 Å². The summed E-state index contributed by atoms with van der Waals surface area (Å²) in [5.41, 5.74) is 6.61. The molecule has 0 bridgehead atoms. The van der Waals surface area contributed by atoms with E-state index in [1.165, 1.54) is 77.3 Å². The van der Waals surface area contributed by atoms with Gasteiger partial charge in [-0.15, -0.1) is 0 Å². The molecule has 104 valence electrons. The highest BCUT2D eigenvalue weighted by atomic mass is 15.2. The fraction of sp³-hybridized carbons (Fsp3) is 1.00. The molecule has 0 aromatic heterocycles. The summed E-state index contributed by atoms with van der Waals surface area (Å²) in [4.78, 5) is 2.85. The van der Waals surface area contributed by atoms with Crippen LogP contribution in [-0.4, -0.2) is 30.6 Å². The Labute approximate surface area is 112 Å². The largest absolute Gasteiger partial charge is 0.330 e. The summed E-state index contributed by atoms with van der Waals surface area (Å²) < 4.78 is 0. The van der Waals surface area contributed by atoms with E-state index >= 15 is 0 Å². The summed E-state index contributed by atoms with van der Waals surface area (Å²) in [5, 5.41) is 0. The van der Waals surface area contributed by atoms with Crippen molar-refractivity contribution >= 4 is 0 Å². The smallest absolute Gasteiger partial charge is 0.0124 e. The highest BCUT2D eigenvalue weighted by Gasteiger charge is 2.39. The number of hydrogen-bond donors (Lipinski definition) is 1. The molecule has 2 nitrogen and oxygen atoms in total. The molecule has 1 heterocycles. The molecule has 0 spiro atoms. The van der Waals surface area contributed by atoms with Gasteiger partial charge in [-0.25, -0.2) is 0 Å². The number of rotatable bonds is 3. The first-order chi connectivity index (χ1) is 8.83. The van der Waals surface area contributed by atoms with Gasteiger partial charge in [0.2, 0.25) is 0 Å². The van der Waals surface area contributed by atoms with Crippen molar-refractivity contribution in [1.82, 2.24) is 4.90 Å². The van der Waals surface area contributed by atoms with E-state index in [-0.39, 0.29) is 0 Å². The van der Waals surface area contributed by atoms with Crippen molar-refractivity contribution in [2.24, 2.45) is 17.1 Å². The standard InChI is InChI=1S/C16H30N2/c17-12-16(9-3-4-10-16)13-18-11-5-7-14-6-1-2-8-15(14)18/h14-15H,1-13,17H2. The van der Waals surface area contributed by atoms with E-state index in [2.05, 4.69) is 4.90 Å². The first kappa shape index (κ1) is 12.9. The molecule has 18 heavy (non-hydrogen) atoms. The van der Waals surface area contributed by atoms with E-state index in [0.717, 1.165) is 18.5 Å². The summed E-state index contributed by atoms with van der Waals surface area (Å²) in [6.07, 6.45) is 14.4. The fourth-order valence-electron chi connectivity index (χ4n) is 4.91. The maximum Gasteiger partial charge on any atom is 0.0124 e. The second-order valence-corrected chi connectivity index (χ2v) is 7.14. The molecule has 2 unspecified atom stereocenters. The van der Waals surface area contributed by atoms with Gasteiger partial charge in [-0.05, 0) is 62.9 Å². The van der Waals surface area contributed by atoms with Crippen LogP contribution in [0.5, 0.6) is 0 Å². The van der Waals surface area contributed by atoms with Gasteiger partial charge in [0.15, 0.2) is 0 Å². The van der Waals surface area contributed by atoms with E-state index in [4.69, 9.17) is 5.73 Å².